The van der Waals surface area contributed by atoms with Gasteiger partial charge in [-0.05, 0) is 55.7 Å². The Morgan fingerprint density at radius 1 is 1.14 bits per heavy atom. The highest BCUT2D eigenvalue weighted by atomic mass is 19.3. The van der Waals surface area contributed by atoms with Gasteiger partial charge >= 0.3 is 0 Å². The van der Waals surface area contributed by atoms with Crippen LogP contribution in [0.1, 0.15) is 42.4 Å². The zero-order valence-electron chi connectivity index (χ0n) is 19.0. The summed E-state index contributed by atoms with van der Waals surface area (Å²) in [6.07, 6.45) is 1.72. The first-order valence-electron chi connectivity index (χ1n) is 11.4. The lowest BCUT2D eigenvalue weighted by molar-refractivity contribution is 0.0819. The summed E-state index contributed by atoms with van der Waals surface area (Å²) in [5.41, 5.74) is 1.83. The number of nitrogens with one attached hydrogen (secondary N) is 1. The molecule has 0 spiro atoms. The first-order chi connectivity index (χ1) is 17.0. The van der Waals surface area contributed by atoms with Crippen LogP contribution in [0, 0.1) is 12.7 Å². The Morgan fingerprint density at radius 3 is 2.69 bits per heavy atom. The standard InChI is InChI=1S/C24H24F3N7O/c1-15-28-14-29-34(15)21-10-7-17(12-20(21)25)30-24-31-23-19(4-2-3-11-33(23)32-24)16-5-8-18(9-6-16)35-13-22(26)27/h5-10,12,14,19,22H,2-4,11,13H2,1H3,(H,30,32)/t19-/m0/s1. The van der Waals surface area contributed by atoms with Crippen LogP contribution in [-0.4, -0.2) is 42.6 Å². The number of aryl methyl sites for hydroxylation is 2. The van der Waals surface area contributed by atoms with Gasteiger partial charge in [-0.2, -0.15) is 10.1 Å². The summed E-state index contributed by atoms with van der Waals surface area (Å²) in [4.78, 5) is 8.75. The van der Waals surface area contributed by atoms with Crippen molar-refractivity contribution in [3.05, 3.63) is 71.8 Å². The van der Waals surface area contributed by atoms with Crippen LogP contribution >= 0.6 is 0 Å². The summed E-state index contributed by atoms with van der Waals surface area (Å²) in [6.45, 7) is 1.85. The summed E-state index contributed by atoms with van der Waals surface area (Å²) in [5, 5.41) is 11.7. The van der Waals surface area contributed by atoms with Gasteiger partial charge in [0.2, 0.25) is 5.95 Å². The minimum absolute atomic E-state index is 0.000832. The zero-order valence-corrected chi connectivity index (χ0v) is 19.0. The van der Waals surface area contributed by atoms with Gasteiger partial charge in [-0.3, -0.25) is 0 Å². The third kappa shape index (κ3) is 4.98. The van der Waals surface area contributed by atoms with Crippen molar-refractivity contribution in [3.8, 4) is 11.4 Å². The normalized spacial score (nSPS) is 15.6. The van der Waals surface area contributed by atoms with Crippen LogP contribution in [0.2, 0.25) is 0 Å². The molecule has 1 N–H and O–H groups in total. The predicted molar refractivity (Wildman–Crippen MR) is 123 cm³/mol. The van der Waals surface area contributed by atoms with E-state index in [1.807, 2.05) is 16.8 Å². The maximum atomic E-state index is 14.8. The van der Waals surface area contributed by atoms with E-state index < -0.39 is 18.8 Å². The van der Waals surface area contributed by atoms with E-state index in [-0.39, 0.29) is 5.92 Å². The molecule has 0 saturated carbocycles. The lowest BCUT2D eigenvalue weighted by atomic mass is 9.93. The molecule has 3 heterocycles. The summed E-state index contributed by atoms with van der Waals surface area (Å²) < 4.78 is 48.0. The number of hydrogen-bond acceptors (Lipinski definition) is 6. The van der Waals surface area contributed by atoms with Crippen LogP contribution in [0.4, 0.5) is 24.8 Å². The maximum Gasteiger partial charge on any atom is 0.272 e. The SMILES string of the molecule is Cc1ncnn1-c1ccc(Nc2nc3n(n2)CCCC[C@H]3c2ccc(OCC(F)F)cc2)cc1F. The summed E-state index contributed by atoms with van der Waals surface area (Å²) >= 11 is 0. The number of aromatic nitrogens is 6. The third-order valence-corrected chi connectivity index (χ3v) is 5.93. The molecule has 1 atom stereocenters. The Bertz CT molecular complexity index is 1300. The van der Waals surface area contributed by atoms with E-state index in [2.05, 4.69) is 20.5 Å². The first kappa shape index (κ1) is 22.9. The molecule has 0 bridgehead atoms. The number of alkyl halides is 2. The molecule has 0 saturated heterocycles. The smallest absolute Gasteiger partial charge is 0.272 e. The molecule has 0 aliphatic carbocycles. The summed E-state index contributed by atoms with van der Waals surface area (Å²) in [5.74, 6) is 1.73. The highest BCUT2D eigenvalue weighted by Gasteiger charge is 2.25. The second-order valence-electron chi connectivity index (χ2n) is 8.35. The molecule has 4 aromatic rings. The fourth-order valence-corrected chi connectivity index (χ4v) is 4.26. The topological polar surface area (TPSA) is 82.7 Å². The van der Waals surface area contributed by atoms with Crippen molar-refractivity contribution in [1.82, 2.24) is 29.5 Å². The zero-order chi connectivity index (χ0) is 24.4. The van der Waals surface area contributed by atoms with Crippen LogP contribution in [-0.2, 0) is 6.54 Å². The van der Waals surface area contributed by atoms with Crippen molar-refractivity contribution >= 4 is 11.6 Å². The van der Waals surface area contributed by atoms with Crippen LogP contribution in [0.15, 0.2) is 48.8 Å². The van der Waals surface area contributed by atoms with E-state index in [0.717, 1.165) is 37.2 Å². The highest BCUT2D eigenvalue weighted by Crippen LogP contribution is 2.33. The van der Waals surface area contributed by atoms with Crippen LogP contribution in [0.3, 0.4) is 0 Å². The second kappa shape index (κ2) is 9.77. The fourth-order valence-electron chi connectivity index (χ4n) is 4.26. The molecule has 11 heteroatoms. The lowest BCUT2D eigenvalue weighted by Crippen LogP contribution is -2.09. The van der Waals surface area contributed by atoms with Crippen molar-refractivity contribution in [2.24, 2.45) is 0 Å². The highest BCUT2D eigenvalue weighted by molar-refractivity contribution is 5.56. The Hall–Kier alpha value is -3.89. The number of ether oxygens (including phenoxy) is 1. The molecule has 2 aromatic heterocycles. The summed E-state index contributed by atoms with van der Waals surface area (Å²) in [6, 6.07) is 11.9. The van der Waals surface area contributed by atoms with E-state index in [4.69, 9.17) is 9.72 Å². The predicted octanol–water partition coefficient (Wildman–Crippen LogP) is 5.01. The van der Waals surface area contributed by atoms with Crippen molar-refractivity contribution < 1.29 is 17.9 Å². The van der Waals surface area contributed by atoms with E-state index in [1.54, 1.807) is 31.2 Å². The number of halogens is 3. The van der Waals surface area contributed by atoms with E-state index in [0.29, 0.717) is 28.9 Å². The molecule has 0 amide bonds. The van der Waals surface area contributed by atoms with Crippen LogP contribution in [0.5, 0.6) is 5.75 Å². The van der Waals surface area contributed by atoms with Crippen molar-refractivity contribution in [1.29, 1.82) is 0 Å². The third-order valence-electron chi connectivity index (χ3n) is 5.93. The van der Waals surface area contributed by atoms with Gasteiger partial charge in [0.25, 0.3) is 6.43 Å². The molecule has 8 nitrogen and oxygen atoms in total. The van der Waals surface area contributed by atoms with E-state index in [9.17, 15) is 13.2 Å². The molecule has 35 heavy (non-hydrogen) atoms. The largest absolute Gasteiger partial charge is 0.488 e. The van der Waals surface area contributed by atoms with Gasteiger partial charge in [0.15, 0.2) is 5.82 Å². The Morgan fingerprint density at radius 2 is 1.97 bits per heavy atom. The minimum Gasteiger partial charge on any atom is -0.488 e. The van der Waals surface area contributed by atoms with Gasteiger partial charge in [0, 0.05) is 18.2 Å². The van der Waals surface area contributed by atoms with Crippen molar-refractivity contribution in [2.75, 3.05) is 11.9 Å². The van der Waals surface area contributed by atoms with Gasteiger partial charge in [-0.15, -0.1) is 5.10 Å². The fraction of sp³-hybridized carbons (Fsp3) is 0.333. The van der Waals surface area contributed by atoms with Gasteiger partial charge in [-0.1, -0.05) is 18.6 Å². The average Bonchev–Trinajstić information content (AvgIpc) is 3.39. The lowest BCUT2D eigenvalue weighted by Gasteiger charge is -2.15. The van der Waals surface area contributed by atoms with Gasteiger partial charge in [-0.25, -0.2) is 27.5 Å². The van der Waals surface area contributed by atoms with E-state index in [1.165, 1.54) is 17.1 Å². The minimum atomic E-state index is -2.52. The molecule has 0 radical (unpaired) electrons. The number of anilines is 2. The molecule has 5 rings (SSSR count). The number of nitrogens with zero attached hydrogens (tertiary/aromatic N) is 6. The number of hydrogen-bond donors (Lipinski definition) is 1. The molecular weight excluding hydrogens is 459 g/mol. The Labute approximate surface area is 199 Å². The van der Waals surface area contributed by atoms with E-state index >= 15 is 0 Å². The molecule has 0 unspecified atom stereocenters. The maximum absolute atomic E-state index is 14.8. The monoisotopic (exact) mass is 483 g/mol. The molecule has 1 aliphatic heterocycles. The second-order valence-corrected chi connectivity index (χ2v) is 8.35. The van der Waals surface area contributed by atoms with Gasteiger partial charge in [0.05, 0.1) is 0 Å². The Balaban J connectivity index is 1.36. The molecular formula is C24H24F3N7O. The van der Waals surface area contributed by atoms with Crippen LogP contribution < -0.4 is 10.1 Å². The summed E-state index contributed by atoms with van der Waals surface area (Å²) in [7, 11) is 0. The average molecular weight is 483 g/mol. The molecule has 2 aromatic carbocycles. The van der Waals surface area contributed by atoms with Gasteiger partial charge in [0.1, 0.15) is 36.0 Å². The number of benzene rings is 2. The number of fused-ring (bicyclic) bond motifs is 1. The number of rotatable bonds is 7. The molecule has 182 valence electrons. The van der Waals surface area contributed by atoms with Crippen LogP contribution in [0.25, 0.3) is 5.69 Å². The molecule has 1 aliphatic rings. The first-order valence-corrected chi connectivity index (χ1v) is 11.4. The van der Waals surface area contributed by atoms with Gasteiger partial charge < -0.3 is 10.1 Å². The Kier molecular flexibility index (Phi) is 6.39. The molecule has 0 fully saturated rings. The van der Waals surface area contributed by atoms with Crippen molar-refractivity contribution in [2.45, 2.75) is 45.1 Å². The van der Waals surface area contributed by atoms with Crippen molar-refractivity contribution in [3.63, 3.8) is 0 Å². The quantitative estimate of drug-likeness (QED) is 0.398.